The number of benzene rings is 2. The first-order chi connectivity index (χ1) is 12.3. The fraction of sp³-hybridized carbons (Fsp3) is 0.294. The summed E-state index contributed by atoms with van der Waals surface area (Å²) in [7, 11) is -2.30. The molecule has 6 nitrogen and oxygen atoms in total. The molecule has 9 heteroatoms. The molecule has 1 fully saturated rings. The number of nitrogens with one attached hydrogen (secondary N) is 1. The molecule has 1 N–H and O–H groups in total. The maximum absolute atomic E-state index is 14.3. The Morgan fingerprint density at radius 2 is 1.85 bits per heavy atom. The van der Waals surface area contributed by atoms with Gasteiger partial charge in [-0.1, -0.05) is 11.3 Å². The number of fused-ring (bicyclic) bond motifs is 1. The van der Waals surface area contributed by atoms with Crippen molar-refractivity contribution in [1.29, 1.82) is 0 Å². The van der Waals surface area contributed by atoms with Gasteiger partial charge in [0.05, 0.1) is 16.0 Å². The molecule has 1 saturated carbocycles. The van der Waals surface area contributed by atoms with Crippen LogP contribution in [0, 0.1) is 11.6 Å². The number of aromatic nitrogens is 3. The van der Waals surface area contributed by atoms with Gasteiger partial charge < -0.3 is 0 Å². The first-order valence-electron chi connectivity index (χ1n) is 8.10. The van der Waals surface area contributed by atoms with Crippen molar-refractivity contribution in [1.82, 2.24) is 19.7 Å². The lowest BCUT2D eigenvalue weighted by molar-refractivity contribution is 0.209. The second-order valence-corrected chi connectivity index (χ2v) is 8.18. The van der Waals surface area contributed by atoms with Gasteiger partial charge in [-0.25, -0.2) is 26.6 Å². The van der Waals surface area contributed by atoms with E-state index in [9.17, 15) is 17.2 Å². The number of hydrogen-bond acceptors (Lipinski definition) is 4. The quantitative estimate of drug-likeness (QED) is 0.757. The Hall–Kier alpha value is -2.39. The van der Waals surface area contributed by atoms with Gasteiger partial charge in [-0.2, -0.15) is 0 Å². The lowest BCUT2D eigenvalue weighted by Crippen LogP contribution is -2.51. The van der Waals surface area contributed by atoms with Crippen LogP contribution in [-0.4, -0.2) is 23.4 Å². The third-order valence-electron chi connectivity index (χ3n) is 4.87. The second kappa shape index (κ2) is 5.82. The Morgan fingerprint density at radius 1 is 1.15 bits per heavy atom. The monoisotopic (exact) mass is 378 g/mol. The summed E-state index contributed by atoms with van der Waals surface area (Å²) >= 11 is 0. The van der Waals surface area contributed by atoms with Crippen molar-refractivity contribution in [2.75, 3.05) is 0 Å². The summed E-state index contributed by atoms with van der Waals surface area (Å²) in [4.78, 5) is -0.0199. The fourth-order valence-corrected chi connectivity index (χ4v) is 4.84. The van der Waals surface area contributed by atoms with E-state index in [1.165, 1.54) is 22.9 Å². The summed E-state index contributed by atoms with van der Waals surface area (Å²) in [6.07, 6.45) is 1.34. The van der Waals surface area contributed by atoms with Gasteiger partial charge in [0.2, 0.25) is 10.0 Å². The molecular formula is C17H16F2N4O2S. The standard InChI is InChI=1S/C17H16F2N4O2S/c1-23-15-7-6-11(10-14(15)20-22-23)26(24,25)21-17(8-3-9-17)16-12(18)4-2-5-13(16)19/h2,4-7,10,21H,3,8-9H2,1H3. The summed E-state index contributed by atoms with van der Waals surface area (Å²) in [5.74, 6) is -1.51. The Kier molecular flexibility index (Phi) is 3.81. The number of hydrogen-bond donors (Lipinski definition) is 1. The van der Waals surface area contributed by atoms with Crippen LogP contribution in [0.3, 0.4) is 0 Å². The van der Waals surface area contributed by atoms with Crippen molar-refractivity contribution in [2.24, 2.45) is 7.05 Å². The SMILES string of the molecule is Cn1nnc2cc(S(=O)(=O)NC3(c4c(F)cccc4F)CCC3)ccc21. The van der Waals surface area contributed by atoms with Gasteiger partial charge >= 0.3 is 0 Å². The van der Waals surface area contributed by atoms with Crippen LogP contribution in [0.15, 0.2) is 41.3 Å². The molecule has 1 heterocycles. The predicted octanol–water partition coefficient (Wildman–Crippen LogP) is 2.60. The van der Waals surface area contributed by atoms with Gasteiger partial charge in [0, 0.05) is 12.6 Å². The van der Waals surface area contributed by atoms with E-state index in [1.54, 1.807) is 13.1 Å². The van der Waals surface area contributed by atoms with Crippen LogP contribution in [0.1, 0.15) is 24.8 Å². The third kappa shape index (κ3) is 2.58. The van der Waals surface area contributed by atoms with E-state index >= 15 is 0 Å². The average Bonchev–Trinajstić information content (AvgIpc) is 2.93. The largest absolute Gasteiger partial charge is 0.248 e. The minimum Gasteiger partial charge on any atom is -0.248 e. The van der Waals surface area contributed by atoms with Crippen molar-refractivity contribution in [2.45, 2.75) is 29.7 Å². The molecule has 4 rings (SSSR count). The van der Waals surface area contributed by atoms with Crippen molar-refractivity contribution >= 4 is 21.1 Å². The number of rotatable bonds is 4. The van der Waals surface area contributed by atoms with Crippen LogP contribution in [0.2, 0.25) is 0 Å². The van der Waals surface area contributed by atoms with Crippen molar-refractivity contribution < 1.29 is 17.2 Å². The molecule has 0 amide bonds. The van der Waals surface area contributed by atoms with Gasteiger partial charge in [-0.05, 0) is 49.6 Å². The minimum absolute atomic E-state index is 0.0199. The number of sulfonamides is 1. The highest BCUT2D eigenvalue weighted by atomic mass is 32.2. The summed E-state index contributed by atoms with van der Waals surface area (Å²) in [5, 5.41) is 7.75. The van der Waals surface area contributed by atoms with E-state index in [0.717, 1.165) is 12.1 Å². The molecule has 0 bridgehead atoms. The number of nitrogens with zero attached hydrogens (tertiary/aromatic N) is 3. The summed E-state index contributed by atoms with van der Waals surface area (Å²) in [5.41, 5.74) is -0.390. The highest BCUT2D eigenvalue weighted by Crippen LogP contribution is 2.44. The van der Waals surface area contributed by atoms with Crippen LogP contribution in [0.4, 0.5) is 8.78 Å². The van der Waals surface area contributed by atoms with Gasteiger partial charge in [0.15, 0.2) is 0 Å². The lowest BCUT2D eigenvalue weighted by atomic mass is 9.72. The van der Waals surface area contributed by atoms with E-state index in [-0.39, 0.29) is 10.5 Å². The van der Waals surface area contributed by atoms with Crippen LogP contribution in [0.25, 0.3) is 11.0 Å². The molecule has 0 aliphatic heterocycles. The van der Waals surface area contributed by atoms with Gasteiger partial charge in [-0.15, -0.1) is 5.10 Å². The highest BCUT2D eigenvalue weighted by Gasteiger charge is 2.45. The Balaban J connectivity index is 1.75. The molecule has 0 atom stereocenters. The predicted molar refractivity (Wildman–Crippen MR) is 90.7 cm³/mol. The first-order valence-corrected chi connectivity index (χ1v) is 9.59. The van der Waals surface area contributed by atoms with Crippen LogP contribution >= 0.6 is 0 Å². The Labute approximate surface area is 148 Å². The third-order valence-corrected chi connectivity index (χ3v) is 6.40. The van der Waals surface area contributed by atoms with Crippen LogP contribution in [0.5, 0.6) is 0 Å². The van der Waals surface area contributed by atoms with Gasteiger partial charge in [-0.3, -0.25) is 0 Å². The zero-order valence-corrected chi connectivity index (χ0v) is 14.7. The summed E-state index contributed by atoms with van der Waals surface area (Å²) in [6, 6.07) is 7.96. The maximum atomic E-state index is 14.3. The zero-order valence-electron chi connectivity index (χ0n) is 13.9. The molecule has 2 aromatic carbocycles. The summed E-state index contributed by atoms with van der Waals surface area (Å²) in [6.45, 7) is 0. The molecule has 3 aromatic rings. The lowest BCUT2D eigenvalue weighted by Gasteiger charge is -2.42. The van der Waals surface area contributed by atoms with E-state index in [1.807, 2.05) is 0 Å². The molecule has 0 radical (unpaired) electrons. The van der Waals surface area contributed by atoms with Crippen molar-refractivity contribution in [3.8, 4) is 0 Å². The highest BCUT2D eigenvalue weighted by molar-refractivity contribution is 7.89. The smallest absolute Gasteiger partial charge is 0.241 e. The second-order valence-electron chi connectivity index (χ2n) is 6.50. The van der Waals surface area contributed by atoms with Crippen LogP contribution < -0.4 is 4.72 Å². The van der Waals surface area contributed by atoms with E-state index < -0.39 is 27.2 Å². The molecule has 0 saturated heterocycles. The van der Waals surface area contributed by atoms with E-state index in [2.05, 4.69) is 15.0 Å². The Morgan fingerprint density at radius 3 is 2.46 bits per heavy atom. The molecule has 0 unspecified atom stereocenters. The van der Waals surface area contributed by atoms with E-state index in [0.29, 0.717) is 30.3 Å². The molecular weight excluding hydrogens is 362 g/mol. The molecule has 1 aromatic heterocycles. The molecule has 1 aliphatic carbocycles. The van der Waals surface area contributed by atoms with Crippen molar-refractivity contribution in [3.63, 3.8) is 0 Å². The molecule has 1 aliphatic rings. The average molecular weight is 378 g/mol. The molecule has 136 valence electrons. The normalized spacial score (nSPS) is 16.6. The number of aryl methyl sites for hydroxylation is 1. The van der Waals surface area contributed by atoms with Gasteiger partial charge in [0.1, 0.15) is 17.2 Å². The zero-order chi connectivity index (χ0) is 18.5. The summed E-state index contributed by atoms with van der Waals surface area (Å²) < 4.78 is 58.3. The topological polar surface area (TPSA) is 76.9 Å². The Bertz CT molecular complexity index is 1090. The molecule has 26 heavy (non-hydrogen) atoms. The van der Waals surface area contributed by atoms with Gasteiger partial charge in [0.25, 0.3) is 0 Å². The van der Waals surface area contributed by atoms with Crippen LogP contribution in [-0.2, 0) is 22.6 Å². The first kappa shape index (κ1) is 17.0. The minimum atomic E-state index is -4.00. The molecule has 0 spiro atoms. The van der Waals surface area contributed by atoms with E-state index in [4.69, 9.17) is 0 Å². The van der Waals surface area contributed by atoms with Crippen molar-refractivity contribution in [3.05, 3.63) is 53.6 Å². The number of halogens is 2. The fourth-order valence-electron chi connectivity index (χ4n) is 3.39. The maximum Gasteiger partial charge on any atom is 0.241 e.